The van der Waals surface area contributed by atoms with E-state index in [0.717, 1.165) is 0 Å². The summed E-state index contributed by atoms with van der Waals surface area (Å²) >= 11 is 0. The molecule has 12 heavy (non-hydrogen) atoms. The van der Waals surface area contributed by atoms with E-state index in [-0.39, 0.29) is 8.67 Å². The van der Waals surface area contributed by atoms with Crippen LogP contribution in [0.25, 0.3) is 0 Å². The van der Waals surface area contributed by atoms with Gasteiger partial charge in [-0.2, -0.15) is 0 Å². The van der Waals surface area contributed by atoms with Gasteiger partial charge in [-0.1, -0.05) is 19.8 Å². The highest BCUT2D eigenvalue weighted by molar-refractivity contribution is 8.41. The van der Waals surface area contributed by atoms with Gasteiger partial charge in [-0.05, 0) is 6.04 Å². The molecule has 76 valence electrons. The predicted octanol–water partition coefficient (Wildman–Crippen LogP) is 1.78. The molecule has 3 nitrogen and oxygen atoms in total. The Kier molecular flexibility index (Phi) is 7.17. The smallest absolute Gasteiger partial charge is 0.159 e. The van der Waals surface area contributed by atoms with E-state index in [9.17, 15) is 0 Å². The van der Waals surface area contributed by atoms with E-state index in [1.165, 1.54) is 18.9 Å². The normalized spacial score (nSPS) is 14.3. The third kappa shape index (κ3) is 3.91. The van der Waals surface area contributed by atoms with Crippen molar-refractivity contribution in [3.63, 3.8) is 0 Å². The second-order valence-corrected chi connectivity index (χ2v) is 9.05. The Labute approximate surface area is 79.2 Å². The first-order valence-electron chi connectivity index (χ1n) is 4.22. The van der Waals surface area contributed by atoms with Crippen molar-refractivity contribution < 1.29 is 12.5 Å². The monoisotopic (exact) mass is 212 g/mol. The van der Waals surface area contributed by atoms with E-state index in [1.54, 1.807) is 21.3 Å². The lowest BCUT2D eigenvalue weighted by atomic mass is 10.4. The molecule has 0 aromatic carbocycles. The Morgan fingerprint density at radius 1 is 1.08 bits per heavy atom. The van der Waals surface area contributed by atoms with Gasteiger partial charge in [-0.25, -0.2) is 0 Å². The summed E-state index contributed by atoms with van der Waals surface area (Å²) in [5.74, 6) is 0. The average Bonchev–Trinajstić information content (AvgIpc) is 2.14. The summed E-state index contributed by atoms with van der Waals surface area (Å²) in [4.78, 5) is 0. The molecular weight excluding hydrogens is 192 g/mol. The van der Waals surface area contributed by atoms with E-state index >= 15 is 0 Å². The summed E-state index contributed by atoms with van der Waals surface area (Å²) in [6.45, 7) is 2.19. The zero-order chi connectivity index (χ0) is 9.45. The summed E-state index contributed by atoms with van der Waals surface area (Å²) < 4.78 is 15.9. The van der Waals surface area contributed by atoms with E-state index in [4.69, 9.17) is 12.5 Å². The standard InChI is InChI=1S/C7H20O3SSi/c1-5-6-7-12-11(8-2,9-3)10-4/h5-7,12H2,1-4H3. The Bertz CT molecular complexity index is 101. The van der Waals surface area contributed by atoms with Crippen molar-refractivity contribution in [1.29, 1.82) is 0 Å². The lowest BCUT2D eigenvalue weighted by Crippen LogP contribution is -2.13. The van der Waals surface area contributed by atoms with E-state index in [0.29, 0.717) is 0 Å². The molecule has 0 aromatic rings. The fourth-order valence-corrected chi connectivity index (χ4v) is 6.12. The summed E-state index contributed by atoms with van der Waals surface area (Å²) in [6.07, 6.45) is 2.50. The van der Waals surface area contributed by atoms with Crippen molar-refractivity contribution in [2.24, 2.45) is 0 Å². The number of rotatable bonds is 7. The molecule has 0 N–H and O–H groups in total. The van der Waals surface area contributed by atoms with Crippen LogP contribution in [0.4, 0.5) is 0 Å². The Balaban J connectivity index is 3.76. The molecule has 0 amide bonds. The molecule has 0 aliphatic rings. The fourth-order valence-electron chi connectivity index (χ4n) is 0.983. The maximum absolute atomic E-state index is 5.28. The first kappa shape index (κ1) is 12.4. The van der Waals surface area contributed by atoms with Crippen molar-refractivity contribution in [3.8, 4) is 0 Å². The minimum atomic E-state index is -1.54. The van der Waals surface area contributed by atoms with Gasteiger partial charge in [-0.3, -0.25) is 0 Å². The zero-order valence-electron chi connectivity index (χ0n) is 8.46. The summed E-state index contributed by atoms with van der Waals surface area (Å²) in [5.41, 5.74) is 0. The summed E-state index contributed by atoms with van der Waals surface area (Å²) in [6, 6.07) is 1.24. The van der Waals surface area contributed by atoms with Gasteiger partial charge in [0.25, 0.3) is 0 Å². The lowest BCUT2D eigenvalue weighted by Gasteiger charge is -2.33. The van der Waals surface area contributed by atoms with Crippen LogP contribution in [0.2, 0.25) is 6.04 Å². The van der Waals surface area contributed by atoms with Crippen LogP contribution in [0.1, 0.15) is 19.8 Å². The van der Waals surface area contributed by atoms with Crippen LogP contribution < -0.4 is 0 Å². The minimum absolute atomic E-state index is 0.376. The maximum Gasteiger partial charge on any atom is 0.159 e. The molecule has 0 aliphatic carbocycles. The second-order valence-electron chi connectivity index (χ2n) is 2.47. The minimum Gasteiger partial charge on any atom is -0.302 e. The molecule has 5 heteroatoms. The Morgan fingerprint density at radius 3 is 1.92 bits per heavy atom. The van der Waals surface area contributed by atoms with Crippen LogP contribution in [0.5, 0.6) is 0 Å². The van der Waals surface area contributed by atoms with Crippen molar-refractivity contribution in [3.05, 3.63) is 0 Å². The van der Waals surface area contributed by atoms with Gasteiger partial charge in [0.1, 0.15) is 0 Å². The lowest BCUT2D eigenvalue weighted by molar-refractivity contribution is 0.263. The SMILES string of the molecule is CCCC[SiH2]S(OC)(OC)OC. The number of unbranched alkanes of at least 4 members (excludes halogenated alkanes) is 1. The quantitative estimate of drug-likeness (QED) is 0.475. The molecule has 0 heterocycles. The first-order chi connectivity index (χ1) is 5.74. The molecule has 0 aromatic heterocycles. The van der Waals surface area contributed by atoms with Gasteiger partial charge in [0.05, 0.1) is 21.3 Å². The Hall–Kier alpha value is 0.447. The van der Waals surface area contributed by atoms with Crippen molar-refractivity contribution in [1.82, 2.24) is 0 Å². The fraction of sp³-hybridized carbons (Fsp3) is 1.00. The van der Waals surface area contributed by atoms with Gasteiger partial charge in [0, 0.05) is 10.3 Å². The number of hydrogen-bond donors (Lipinski definition) is 0. The van der Waals surface area contributed by atoms with Gasteiger partial charge in [-0.15, -0.1) is 0 Å². The van der Waals surface area contributed by atoms with Crippen LogP contribution in [-0.4, -0.2) is 30.0 Å². The highest BCUT2D eigenvalue weighted by atomic mass is 32.5. The van der Waals surface area contributed by atoms with Gasteiger partial charge < -0.3 is 12.5 Å². The van der Waals surface area contributed by atoms with Crippen LogP contribution >= 0.6 is 10.3 Å². The summed E-state index contributed by atoms with van der Waals surface area (Å²) in [5, 5.41) is 0. The van der Waals surface area contributed by atoms with E-state index in [1.807, 2.05) is 0 Å². The molecule has 0 fully saturated rings. The Morgan fingerprint density at radius 2 is 1.58 bits per heavy atom. The molecule has 0 radical (unpaired) electrons. The molecular formula is C7H20O3SSi. The van der Waals surface area contributed by atoms with Crippen molar-refractivity contribution >= 4 is 19.0 Å². The zero-order valence-corrected chi connectivity index (χ0v) is 10.7. The molecule has 0 rings (SSSR count). The van der Waals surface area contributed by atoms with Crippen LogP contribution in [0.15, 0.2) is 0 Å². The van der Waals surface area contributed by atoms with Crippen molar-refractivity contribution in [2.45, 2.75) is 25.8 Å². The predicted molar refractivity (Wildman–Crippen MR) is 56.9 cm³/mol. The van der Waals surface area contributed by atoms with Crippen LogP contribution in [0.3, 0.4) is 0 Å². The van der Waals surface area contributed by atoms with Gasteiger partial charge in [0.2, 0.25) is 0 Å². The van der Waals surface area contributed by atoms with Gasteiger partial charge in [0.15, 0.2) is 8.67 Å². The molecule has 0 spiro atoms. The average molecular weight is 212 g/mol. The molecule has 0 aliphatic heterocycles. The molecule has 0 saturated heterocycles. The first-order valence-corrected chi connectivity index (χ1v) is 8.53. The highest BCUT2D eigenvalue weighted by Crippen LogP contribution is 2.48. The second kappa shape index (κ2) is 6.91. The third-order valence-electron chi connectivity index (χ3n) is 1.76. The van der Waals surface area contributed by atoms with Gasteiger partial charge >= 0.3 is 0 Å². The van der Waals surface area contributed by atoms with Crippen LogP contribution in [-0.2, 0) is 12.5 Å². The molecule has 0 saturated carbocycles. The third-order valence-corrected chi connectivity index (χ3v) is 9.06. The number of hydrogen-bond acceptors (Lipinski definition) is 3. The largest absolute Gasteiger partial charge is 0.302 e. The molecule has 0 bridgehead atoms. The molecule has 0 atom stereocenters. The van der Waals surface area contributed by atoms with E-state index < -0.39 is 10.3 Å². The van der Waals surface area contributed by atoms with E-state index in [2.05, 4.69) is 6.92 Å². The van der Waals surface area contributed by atoms with Crippen LogP contribution in [0, 0.1) is 0 Å². The molecule has 0 unspecified atom stereocenters. The summed E-state index contributed by atoms with van der Waals surface area (Å²) in [7, 11) is 3.08. The maximum atomic E-state index is 5.28. The topological polar surface area (TPSA) is 27.7 Å². The van der Waals surface area contributed by atoms with Crippen molar-refractivity contribution in [2.75, 3.05) is 21.3 Å². The highest BCUT2D eigenvalue weighted by Gasteiger charge is 2.21.